The van der Waals surface area contributed by atoms with E-state index in [0.29, 0.717) is 22.1 Å². The average Bonchev–Trinajstić information content (AvgIpc) is 2.18. The number of thioether (sulfide) groups is 1. The molecule has 15 heavy (non-hydrogen) atoms. The Labute approximate surface area is 92.0 Å². The topological polar surface area (TPSA) is 33.0 Å². The molecule has 0 N–H and O–H groups in total. The molecular formula is C11H10FNOS. The molecule has 0 spiro atoms. The maximum Gasteiger partial charge on any atom is 0.128 e. The molecule has 2 nitrogen and oxygen atoms in total. The number of ether oxygens (including phenoxy) is 1. The smallest absolute Gasteiger partial charge is 0.128 e. The standard InChI is InChI=1S/C11H10FNOS/c12-11-3-8(4-13)1-2-9(11)7-15-10-5-14-6-10/h1-3,10H,5-7H2. The molecule has 1 heterocycles. The molecule has 0 saturated carbocycles. The summed E-state index contributed by atoms with van der Waals surface area (Å²) in [6.07, 6.45) is 0. The van der Waals surface area contributed by atoms with E-state index >= 15 is 0 Å². The van der Waals surface area contributed by atoms with Crippen molar-refractivity contribution in [3.05, 3.63) is 35.1 Å². The normalized spacial score (nSPS) is 15.7. The molecule has 78 valence electrons. The molecule has 0 radical (unpaired) electrons. The van der Waals surface area contributed by atoms with Crippen LogP contribution in [0.2, 0.25) is 0 Å². The van der Waals surface area contributed by atoms with Crippen LogP contribution in [-0.4, -0.2) is 18.5 Å². The third-order valence-corrected chi connectivity index (χ3v) is 3.49. The van der Waals surface area contributed by atoms with E-state index in [1.54, 1.807) is 23.9 Å². The molecule has 0 unspecified atom stereocenters. The average molecular weight is 223 g/mol. The molecule has 0 aliphatic carbocycles. The summed E-state index contributed by atoms with van der Waals surface area (Å²) >= 11 is 1.70. The SMILES string of the molecule is N#Cc1ccc(CSC2COC2)c(F)c1. The van der Waals surface area contributed by atoms with Gasteiger partial charge in [-0.15, -0.1) is 11.8 Å². The highest BCUT2D eigenvalue weighted by atomic mass is 32.2. The van der Waals surface area contributed by atoms with Gasteiger partial charge in [0, 0.05) is 5.75 Å². The van der Waals surface area contributed by atoms with Crippen molar-refractivity contribution in [2.24, 2.45) is 0 Å². The lowest BCUT2D eigenvalue weighted by atomic mass is 10.1. The fraction of sp³-hybridized carbons (Fsp3) is 0.364. The van der Waals surface area contributed by atoms with E-state index in [4.69, 9.17) is 10.00 Å². The van der Waals surface area contributed by atoms with Crippen molar-refractivity contribution in [3.63, 3.8) is 0 Å². The first-order chi connectivity index (χ1) is 7.29. The Bertz CT molecular complexity index is 398. The Hall–Kier alpha value is -1.05. The van der Waals surface area contributed by atoms with Gasteiger partial charge in [-0.05, 0) is 17.7 Å². The molecule has 1 aliphatic heterocycles. The number of nitriles is 1. The molecule has 1 fully saturated rings. The minimum absolute atomic E-state index is 0.290. The van der Waals surface area contributed by atoms with E-state index in [9.17, 15) is 4.39 Å². The van der Waals surface area contributed by atoms with Gasteiger partial charge in [0.25, 0.3) is 0 Å². The molecule has 1 aromatic carbocycles. The monoisotopic (exact) mass is 223 g/mol. The molecule has 2 rings (SSSR count). The molecule has 0 amide bonds. The fourth-order valence-electron chi connectivity index (χ4n) is 1.25. The number of rotatable bonds is 3. The van der Waals surface area contributed by atoms with Crippen LogP contribution in [0.15, 0.2) is 18.2 Å². The van der Waals surface area contributed by atoms with Crippen molar-refractivity contribution in [1.82, 2.24) is 0 Å². The predicted octanol–water partition coefficient (Wildman–Crippen LogP) is 2.33. The van der Waals surface area contributed by atoms with E-state index in [0.717, 1.165) is 13.2 Å². The summed E-state index contributed by atoms with van der Waals surface area (Å²) in [5, 5.41) is 9.08. The summed E-state index contributed by atoms with van der Waals surface area (Å²) in [5.41, 5.74) is 1.03. The zero-order chi connectivity index (χ0) is 10.7. The van der Waals surface area contributed by atoms with E-state index in [-0.39, 0.29) is 5.82 Å². The van der Waals surface area contributed by atoms with Crippen LogP contribution in [0.1, 0.15) is 11.1 Å². The first kappa shape index (κ1) is 10.5. The van der Waals surface area contributed by atoms with Gasteiger partial charge in [-0.3, -0.25) is 0 Å². The van der Waals surface area contributed by atoms with Crippen LogP contribution in [0.25, 0.3) is 0 Å². The lowest BCUT2D eigenvalue weighted by Crippen LogP contribution is -2.30. The van der Waals surface area contributed by atoms with Crippen LogP contribution in [0.3, 0.4) is 0 Å². The minimum Gasteiger partial charge on any atom is -0.379 e. The third-order valence-electron chi connectivity index (χ3n) is 2.26. The van der Waals surface area contributed by atoms with Gasteiger partial charge >= 0.3 is 0 Å². The second kappa shape index (κ2) is 4.65. The Morgan fingerprint density at radius 1 is 1.53 bits per heavy atom. The Morgan fingerprint density at radius 2 is 2.33 bits per heavy atom. The van der Waals surface area contributed by atoms with Crippen LogP contribution >= 0.6 is 11.8 Å². The van der Waals surface area contributed by atoms with Gasteiger partial charge < -0.3 is 4.74 Å². The second-order valence-corrected chi connectivity index (χ2v) is 4.68. The van der Waals surface area contributed by atoms with Crippen molar-refractivity contribution in [1.29, 1.82) is 5.26 Å². The van der Waals surface area contributed by atoms with Crippen molar-refractivity contribution < 1.29 is 9.13 Å². The summed E-state index contributed by atoms with van der Waals surface area (Å²) in [4.78, 5) is 0. The van der Waals surface area contributed by atoms with Gasteiger partial charge in [0.05, 0.1) is 30.1 Å². The van der Waals surface area contributed by atoms with Gasteiger partial charge in [-0.25, -0.2) is 4.39 Å². The van der Waals surface area contributed by atoms with E-state index in [2.05, 4.69) is 0 Å². The van der Waals surface area contributed by atoms with Crippen molar-refractivity contribution in [2.75, 3.05) is 13.2 Å². The van der Waals surface area contributed by atoms with Gasteiger partial charge in [0.15, 0.2) is 0 Å². The molecule has 1 saturated heterocycles. The van der Waals surface area contributed by atoms with Crippen LogP contribution in [0, 0.1) is 17.1 Å². The molecule has 0 atom stereocenters. The molecule has 0 bridgehead atoms. The number of hydrogen-bond acceptors (Lipinski definition) is 3. The molecule has 1 aromatic rings. The highest BCUT2D eigenvalue weighted by Crippen LogP contribution is 2.24. The number of halogens is 1. The van der Waals surface area contributed by atoms with E-state index < -0.39 is 0 Å². The van der Waals surface area contributed by atoms with Crippen LogP contribution in [0.4, 0.5) is 4.39 Å². The number of nitrogens with zero attached hydrogens (tertiary/aromatic N) is 1. The molecular weight excluding hydrogens is 213 g/mol. The molecule has 4 heteroatoms. The molecule has 0 aromatic heterocycles. The summed E-state index contributed by atoms with van der Waals surface area (Å²) in [7, 11) is 0. The summed E-state index contributed by atoms with van der Waals surface area (Å²) in [6, 6.07) is 6.53. The zero-order valence-corrected chi connectivity index (χ0v) is 8.89. The predicted molar refractivity (Wildman–Crippen MR) is 57.0 cm³/mol. The maximum atomic E-state index is 13.4. The first-order valence-electron chi connectivity index (χ1n) is 4.67. The van der Waals surface area contributed by atoms with Crippen LogP contribution < -0.4 is 0 Å². The summed E-state index contributed by atoms with van der Waals surface area (Å²) in [6.45, 7) is 1.53. The van der Waals surface area contributed by atoms with Crippen molar-refractivity contribution >= 4 is 11.8 Å². The van der Waals surface area contributed by atoms with Gasteiger partial charge in [-0.1, -0.05) is 6.07 Å². The summed E-state index contributed by atoms with van der Waals surface area (Å²) in [5.74, 6) is 0.354. The lowest BCUT2D eigenvalue weighted by Gasteiger charge is -2.25. The lowest BCUT2D eigenvalue weighted by molar-refractivity contribution is 0.0455. The fourth-order valence-corrected chi connectivity index (χ4v) is 2.29. The van der Waals surface area contributed by atoms with E-state index in [1.807, 2.05) is 6.07 Å². The Morgan fingerprint density at radius 3 is 2.87 bits per heavy atom. The van der Waals surface area contributed by atoms with Gasteiger partial charge in [-0.2, -0.15) is 5.26 Å². The number of benzene rings is 1. The second-order valence-electron chi connectivity index (χ2n) is 3.39. The van der Waals surface area contributed by atoms with E-state index in [1.165, 1.54) is 6.07 Å². The third kappa shape index (κ3) is 2.49. The van der Waals surface area contributed by atoms with Crippen LogP contribution in [0.5, 0.6) is 0 Å². The zero-order valence-electron chi connectivity index (χ0n) is 8.07. The largest absolute Gasteiger partial charge is 0.379 e. The van der Waals surface area contributed by atoms with Gasteiger partial charge in [0.2, 0.25) is 0 Å². The summed E-state index contributed by atoms with van der Waals surface area (Å²) < 4.78 is 18.4. The van der Waals surface area contributed by atoms with Gasteiger partial charge in [0.1, 0.15) is 5.82 Å². The minimum atomic E-state index is -0.290. The van der Waals surface area contributed by atoms with Crippen molar-refractivity contribution in [3.8, 4) is 6.07 Å². The molecule has 1 aliphatic rings. The maximum absolute atomic E-state index is 13.4. The first-order valence-corrected chi connectivity index (χ1v) is 5.72. The number of hydrogen-bond donors (Lipinski definition) is 0. The Kier molecular flexibility index (Phi) is 3.24. The van der Waals surface area contributed by atoms with Crippen LogP contribution in [-0.2, 0) is 10.5 Å². The van der Waals surface area contributed by atoms with Crippen molar-refractivity contribution in [2.45, 2.75) is 11.0 Å². The highest BCUT2D eigenvalue weighted by Gasteiger charge is 2.19. The quantitative estimate of drug-likeness (QED) is 0.788. The Balaban J connectivity index is 1.98. The highest BCUT2D eigenvalue weighted by molar-refractivity contribution is 7.99.